The summed E-state index contributed by atoms with van der Waals surface area (Å²) in [5.41, 5.74) is -2.21. The van der Waals surface area contributed by atoms with Gasteiger partial charge in [-0.05, 0) is 24.4 Å². The highest BCUT2D eigenvalue weighted by Crippen LogP contribution is 2.56. The third-order valence-electron chi connectivity index (χ3n) is 6.65. The van der Waals surface area contributed by atoms with Gasteiger partial charge in [-0.1, -0.05) is 50.3 Å². The van der Waals surface area contributed by atoms with E-state index >= 15 is 0 Å². The van der Waals surface area contributed by atoms with E-state index in [1.165, 1.54) is 46.7 Å². The molecular weight excluding hydrogens is 1090 g/mol. The molecular formula is C26H45F18I2N4O4S2+. The topological polar surface area (TPSA) is 78.0 Å². The van der Waals surface area contributed by atoms with Crippen LogP contribution in [0.3, 0.4) is 0 Å². The minimum Gasteiger partial charge on any atom is -0.330 e. The van der Waals surface area contributed by atoms with Gasteiger partial charge in [-0.2, -0.15) is 87.6 Å². The fraction of sp³-hybridized carbons (Fsp3) is 1.00. The Morgan fingerprint density at radius 1 is 0.464 bits per heavy atom. The molecule has 0 N–H and O–H groups in total. The van der Waals surface area contributed by atoms with E-state index in [0.717, 1.165) is 0 Å². The highest BCUT2D eigenvalue weighted by atomic mass is 127. The largest absolute Gasteiger partial charge is 0.460 e. The second-order valence-corrected chi connectivity index (χ2v) is 19.0. The highest BCUT2D eigenvalue weighted by Gasteiger charge is 2.87. The second-order valence-electron chi connectivity index (χ2n) is 14.9. The molecule has 0 spiro atoms. The predicted molar refractivity (Wildman–Crippen MR) is 189 cm³/mol. The molecule has 0 amide bonds. The van der Waals surface area contributed by atoms with Gasteiger partial charge in [0.05, 0.1) is 27.7 Å². The first kappa shape index (κ1) is 62.6. The fourth-order valence-electron chi connectivity index (χ4n) is 5.05. The summed E-state index contributed by atoms with van der Waals surface area (Å²) in [5, 5.41) is -13.4. The number of hydrogen-bond acceptors (Lipinski definition) is 5. The lowest BCUT2D eigenvalue weighted by atomic mass is 9.92. The van der Waals surface area contributed by atoms with E-state index in [1.54, 1.807) is 21.1 Å². The number of hydrogen-bond donors (Lipinski definition) is 0. The van der Waals surface area contributed by atoms with Gasteiger partial charge < -0.3 is 9.38 Å². The van der Waals surface area contributed by atoms with Crippen LogP contribution in [0.5, 0.6) is 0 Å². The van der Waals surface area contributed by atoms with Crippen molar-refractivity contribution in [3.8, 4) is 0 Å². The van der Waals surface area contributed by atoms with Gasteiger partial charge in [-0.3, -0.25) is 0 Å². The third kappa shape index (κ3) is 13.7. The molecule has 0 heterocycles. The number of halogens is 20. The number of sulfonamides is 2. The van der Waals surface area contributed by atoms with Crippen LogP contribution in [-0.2, 0) is 20.0 Å². The molecule has 0 aliphatic rings. The van der Waals surface area contributed by atoms with E-state index in [-0.39, 0.29) is 50.2 Å². The SMILES string of the molecule is CI.CN(C)CC(C)(C)CN(C)S(=O)(=O)C(F)(F)C(F)(F)C(F)(F)C(F)(F)F.CN(CC(C)(C)C[N+](C)(C)C)S(=O)(=O)C(F)(F)C(F)(F)C(F)(F)C(F)(F)F.I. The van der Waals surface area contributed by atoms with Crippen LogP contribution in [-0.4, -0.2) is 162 Å². The van der Waals surface area contributed by atoms with E-state index < -0.39 is 90.5 Å². The number of quaternary nitrogens is 1. The number of nitrogens with zero attached hydrogens (tertiary/aromatic N) is 4. The van der Waals surface area contributed by atoms with E-state index in [9.17, 15) is 95.9 Å². The summed E-state index contributed by atoms with van der Waals surface area (Å²) < 4.78 is 279. The van der Waals surface area contributed by atoms with Crippen molar-refractivity contribution in [3.63, 3.8) is 0 Å². The molecule has 0 aliphatic heterocycles. The Bertz CT molecular complexity index is 1470. The first-order valence-corrected chi connectivity index (χ1v) is 19.6. The summed E-state index contributed by atoms with van der Waals surface area (Å²) in [5.74, 6) is -29.0. The minimum absolute atomic E-state index is 0. The van der Waals surface area contributed by atoms with Crippen molar-refractivity contribution in [1.82, 2.24) is 13.5 Å². The van der Waals surface area contributed by atoms with Crippen LogP contribution in [0, 0.1) is 10.8 Å². The number of alkyl halides is 19. The fourth-order valence-corrected chi connectivity index (χ4v) is 7.78. The van der Waals surface area contributed by atoms with E-state index in [1.807, 2.05) is 4.93 Å². The van der Waals surface area contributed by atoms with E-state index in [0.29, 0.717) is 14.1 Å². The van der Waals surface area contributed by atoms with Crippen molar-refractivity contribution in [1.29, 1.82) is 0 Å². The zero-order valence-corrected chi connectivity index (χ0v) is 37.8. The van der Waals surface area contributed by atoms with Gasteiger partial charge in [-0.25, -0.2) is 16.8 Å². The van der Waals surface area contributed by atoms with Gasteiger partial charge in [0.15, 0.2) is 0 Å². The van der Waals surface area contributed by atoms with Gasteiger partial charge in [0.25, 0.3) is 20.0 Å². The van der Waals surface area contributed by atoms with Gasteiger partial charge in [-0.15, -0.1) is 24.0 Å². The average molecular weight is 1140 g/mol. The first-order chi connectivity index (χ1) is 23.4. The Hall–Kier alpha value is -0.0600. The lowest BCUT2D eigenvalue weighted by Crippen LogP contribution is -2.65. The zero-order chi connectivity index (χ0) is 46.1. The lowest BCUT2D eigenvalue weighted by Gasteiger charge is -2.38. The molecule has 0 saturated carbocycles. The van der Waals surface area contributed by atoms with Crippen LogP contribution < -0.4 is 0 Å². The molecule has 30 heteroatoms. The molecule has 0 atom stereocenters. The van der Waals surface area contributed by atoms with Gasteiger partial charge >= 0.3 is 46.6 Å². The molecule has 0 radical (unpaired) electrons. The Morgan fingerprint density at radius 2 is 0.696 bits per heavy atom. The normalized spacial score (nSPS) is 15.2. The van der Waals surface area contributed by atoms with Gasteiger partial charge in [0.2, 0.25) is 0 Å². The minimum atomic E-state index is -7.27. The lowest BCUT2D eigenvalue weighted by molar-refractivity contribution is -0.876. The van der Waals surface area contributed by atoms with Crippen molar-refractivity contribution in [2.45, 2.75) is 74.2 Å². The van der Waals surface area contributed by atoms with Gasteiger partial charge in [0.1, 0.15) is 0 Å². The summed E-state index contributed by atoms with van der Waals surface area (Å²) in [6, 6.07) is 0. The molecule has 0 bridgehead atoms. The van der Waals surface area contributed by atoms with E-state index in [2.05, 4.69) is 22.6 Å². The Morgan fingerprint density at radius 3 is 0.893 bits per heavy atom. The summed E-state index contributed by atoms with van der Waals surface area (Å²) in [6.45, 7) is 4.07. The first-order valence-electron chi connectivity index (χ1n) is 14.5. The summed E-state index contributed by atoms with van der Waals surface area (Å²) >= 11 is 2.15. The quantitative estimate of drug-likeness (QED) is 0.0673. The molecule has 0 unspecified atom stereocenters. The van der Waals surface area contributed by atoms with Crippen molar-refractivity contribution < 1.29 is 100 Å². The molecule has 0 saturated heterocycles. The standard InChI is InChI=1S/C13H22F9N2O2S.C12H19F9N2O2S.CH3I.HI/c1-9(2,8-24(4,5)6)7-23(3)27(25,26)13(21,22)11(16,17)10(14,15)12(18,19)20;1-8(2,6-22(3)4)7-23(5)26(24,25)12(20,21)10(15,16)9(13,14)11(17,18)19;1-2;/h7-8H2,1-6H3;6-7H2,1-5H3;1H3;1H/q+1;;;. The maximum Gasteiger partial charge on any atom is 0.460 e. The smallest absolute Gasteiger partial charge is 0.330 e. The van der Waals surface area contributed by atoms with Crippen LogP contribution >= 0.6 is 46.6 Å². The highest BCUT2D eigenvalue weighted by molar-refractivity contribution is 14.1. The molecule has 0 aromatic carbocycles. The molecule has 344 valence electrons. The molecule has 56 heavy (non-hydrogen) atoms. The Labute approximate surface area is 344 Å². The molecule has 0 fully saturated rings. The monoisotopic (exact) mass is 1140 g/mol. The van der Waals surface area contributed by atoms with Crippen LogP contribution in [0.1, 0.15) is 27.7 Å². The molecule has 0 aliphatic carbocycles. The van der Waals surface area contributed by atoms with Gasteiger partial charge in [0, 0.05) is 39.1 Å². The maximum absolute atomic E-state index is 13.8. The third-order valence-corrected chi connectivity index (χ3v) is 10.4. The van der Waals surface area contributed by atoms with Crippen molar-refractivity contribution >= 4 is 66.6 Å². The Kier molecular flexibility index (Phi) is 21.6. The summed E-state index contributed by atoms with van der Waals surface area (Å²) in [7, 11) is -4.30. The van der Waals surface area contributed by atoms with E-state index in [4.69, 9.17) is 0 Å². The van der Waals surface area contributed by atoms with Crippen molar-refractivity contribution in [3.05, 3.63) is 0 Å². The molecule has 0 aromatic heterocycles. The molecule has 8 nitrogen and oxygen atoms in total. The average Bonchev–Trinajstić information content (AvgIpc) is 2.89. The second kappa shape index (κ2) is 19.3. The maximum atomic E-state index is 13.8. The van der Waals surface area contributed by atoms with Crippen LogP contribution in [0.4, 0.5) is 79.0 Å². The zero-order valence-electron chi connectivity index (χ0n) is 31.7. The predicted octanol–water partition coefficient (Wildman–Crippen LogP) is 8.34. The summed E-state index contributed by atoms with van der Waals surface area (Å²) in [6.07, 6.45) is -14.2. The van der Waals surface area contributed by atoms with Crippen LogP contribution in [0.15, 0.2) is 0 Å². The number of rotatable bonds is 16. The van der Waals surface area contributed by atoms with Crippen LogP contribution in [0.25, 0.3) is 0 Å². The Balaban J connectivity index is -0.000000455. The van der Waals surface area contributed by atoms with Crippen LogP contribution in [0.2, 0.25) is 0 Å². The van der Waals surface area contributed by atoms with Crippen molar-refractivity contribution in [2.24, 2.45) is 10.8 Å². The summed E-state index contributed by atoms with van der Waals surface area (Å²) in [4.78, 5) is 3.47. The molecule has 0 rings (SSSR count). The molecule has 0 aromatic rings. The van der Waals surface area contributed by atoms with Crippen molar-refractivity contribution in [2.75, 3.05) is 80.4 Å².